The Morgan fingerprint density at radius 1 is 1.20 bits per heavy atom. The van der Waals surface area contributed by atoms with Crippen molar-refractivity contribution in [2.45, 2.75) is 6.54 Å². The molecular formula is C14H10Cl2FNO2. The van der Waals surface area contributed by atoms with Crippen molar-refractivity contribution in [1.29, 1.82) is 0 Å². The van der Waals surface area contributed by atoms with Crippen molar-refractivity contribution in [2.24, 2.45) is 0 Å². The Balaban J connectivity index is 2.06. The van der Waals surface area contributed by atoms with Crippen LogP contribution >= 0.6 is 23.2 Å². The molecule has 0 spiro atoms. The predicted octanol–water partition coefficient (Wildman–Crippen LogP) is 3.77. The molecule has 0 aliphatic heterocycles. The first-order chi connectivity index (χ1) is 9.47. The molecule has 20 heavy (non-hydrogen) atoms. The maximum absolute atomic E-state index is 13.0. The summed E-state index contributed by atoms with van der Waals surface area (Å²) in [6.07, 6.45) is 0. The van der Waals surface area contributed by atoms with Gasteiger partial charge in [-0.2, -0.15) is 0 Å². The molecule has 0 atom stereocenters. The van der Waals surface area contributed by atoms with Gasteiger partial charge in [0.25, 0.3) is 5.91 Å². The van der Waals surface area contributed by atoms with Crippen molar-refractivity contribution >= 4 is 29.1 Å². The minimum Gasteiger partial charge on any atom is -0.507 e. The van der Waals surface area contributed by atoms with E-state index >= 15 is 0 Å². The summed E-state index contributed by atoms with van der Waals surface area (Å²) in [6, 6.07) is 8.38. The highest BCUT2D eigenvalue weighted by Gasteiger charge is 2.11. The van der Waals surface area contributed by atoms with Crippen molar-refractivity contribution in [1.82, 2.24) is 5.32 Å². The molecule has 0 aliphatic rings. The van der Waals surface area contributed by atoms with Crippen LogP contribution < -0.4 is 5.32 Å². The lowest BCUT2D eigenvalue weighted by atomic mass is 10.1. The molecule has 3 nitrogen and oxygen atoms in total. The molecule has 2 aromatic carbocycles. The Bertz CT molecular complexity index is 662. The zero-order valence-corrected chi connectivity index (χ0v) is 11.7. The highest BCUT2D eigenvalue weighted by molar-refractivity contribution is 6.31. The van der Waals surface area contributed by atoms with Crippen molar-refractivity contribution in [3.63, 3.8) is 0 Å². The number of nitrogens with one attached hydrogen (secondary N) is 1. The zero-order valence-electron chi connectivity index (χ0n) is 10.2. The number of carbonyl (C=O) groups is 1. The quantitative estimate of drug-likeness (QED) is 0.906. The molecular weight excluding hydrogens is 304 g/mol. The van der Waals surface area contributed by atoms with Crippen LogP contribution in [0.15, 0.2) is 36.4 Å². The Kier molecular flexibility index (Phi) is 4.47. The molecule has 0 aromatic heterocycles. The third-order valence-electron chi connectivity index (χ3n) is 2.64. The Labute approximate surface area is 124 Å². The smallest absolute Gasteiger partial charge is 0.255 e. The van der Waals surface area contributed by atoms with Crippen molar-refractivity contribution in [3.8, 4) is 5.75 Å². The van der Waals surface area contributed by atoms with Crippen LogP contribution in [0.3, 0.4) is 0 Å². The summed E-state index contributed by atoms with van der Waals surface area (Å²) >= 11 is 11.3. The van der Waals surface area contributed by atoms with Crippen LogP contribution in [0.1, 0.15) is 15.9 Å². The minimum absolute atomic E-state index is 0.00825. The average molecular weight is 314 g/mol. The fourth-order valence-corrected chi connectivity index (χ4v) is 1.99. The molecule has 0 saturated heterocycles. The number of phenolic OH excluding ortho intramolecular Hbond substituents is 1. The van der Waals surface area contributed by atoms with Crippen molar-refractivity contribution in [3.05, 3.63) is 63.4 Å². The normalized spacial score (nSPS) is 10.3. The fourth-order valence-electron chi connectivity index (χ4n) is 1.62. The number of rotatable bonds is 3. The summed E-state index contributed by atoms with van der Waals surface area (Å²) < 4.78 is 13.0. The van der Waals surface area contributed by atoms with E-state index in [1.165, 1.54) is 36.4 Å². The van der Waals surface area contributed by atoms with Gasteiger partial charge in [0.05, 0.1) is 10.6 Å². The monoisotopic (exact) mass is 313 g/mol. The third kappa shape index (κ3) is 3.40. The predicted molar refractivity (Wildman–Crippen MR) is 75.7 cm³/mol. The Hall–Kier alpha value is -1.78. The highest BCUT2D eigenvalue weighted by Crippen LogP contribution is 2.22. The highest BCUT2D eigenvalue weighted by atomic mass is 35.5. The van der Waals surface area contributed by atoms with Crippen molar-refractivity contribution < 1.29 is 14.3 Å². The molecule has 2 N–H and O–H groups in total. The second-order valence-electron chi connectivity index (χ2n) is 4.09. The van der Waals surface area contributed by atoms with Gasteiger partial charge >= 0.3 is 0 Å². The van der Waals surface area contributed by atoms with Gasteiger partial charge in [0, 0.05) is 11.6 Å². The van der Waals surface area contributed by atoms with E-state index in [1.807, 2.05) is 0 Å². The van der Waals surface area contributed by atoms with Crippen LogP contribution in [-0.4, -0.2) is 11.0 Å². The summed E-state index contributed by atoms with van der Waals surface area (Å²) in [5.74, 6) is -1.18. The third-order valence-corrected chi connectivity index (χ3v) is 3.17. The minimum atomic E-state index is -0.517. The first-order valence-corrected chi connectivity index (χ1v) is 6.43. The number of aromatic hydroxyl groups is 1. The van der Waals surface area contributed by atoms with Gasteiger partial charge < -0.3 is 10.4 Å². The molecule has 6 heteroatoms. The van der Waals surface area contributed by atoms with E-state index in [1.54, 1.807) is 0 Å². The Morgan fingerprint density at radius 2 is 1.95 bits per heavy atom. The molecule has 0 heterocycles. The van der Waals surface area contributed by atoms with E-state index in [0.29, 0.717) is 10.6 Å². The molecule has 0 fully saturated rings. The van der Waals surface area contributed by atoms with E-state index in [9.17, 15) is 14.3 Å². The van der Waals surface area contributed by atoms with Gasteiger partial charge in [-0.1, -0.05) is 29.3 Å². The van der Waals surface area contributed by atoms with Crippen molar-refractivity contribution in [2.75, 3.05) is 0 Å². The van der Waals surface area contributed by atoms with Crippen LogP contribution in [0.4, 0.5) is 4.39 Å². The zero-order chi connectivity index (χ0) is 14.7. The van der Waals surface area contributed by atoms with Gasteiger partial charge in [0.1, 0.15) is 11.6 Å². The molecule has 1 amide bonds. The summed E-state index contributed by atoms with van der Waals surface area (Å²) in [6.45, 7) is 0.168. The first kappa shape index (κ1) is 14.6. The second kappa shape index (κ2) is 6.11. The molecule has 0 bridgehead atoms. The number of amides is 1. The number of halogens is 3. The maximum Gasteiger partial charge on any atom is 0.255 e. The SMILES string of the molecule is O=C(NCc1ccc(F)c(Cl)c1)c1ccc(Cl)cc1O. The van der Waals surface area contributed by atoms with Crippen LogP contribution in [0, 0.1) is 5.82 Å². The van der Waals surface area contributed by atoms with E-state index in [-0.39, 0.29) is 22.9 Å². The lowest BCUT2D eigenvalue weighted by Gasteiger charge is -2.07. The second-order valence-corrected chi connectivity index (χ2v) is 4.94. The van der Waals surface area contributed by atoms with E-state index in [4.69, 9.17) is 23.2 Å². The van der Waals surface area contributed by atoms with Gasteiger partial charge in [0.2, 0.25) is 0 Å². The molecule has 0 radical (unpaired) electrons. The molecule has 0 unspecified atom stereocenters. The van der Waals surface area contributed by atoms with Gasteiger partial charge in [-0.3, -0.25) is 4.79 Å². The molecule has 0 saturated carbocycles. The number of carbonyl (C=O) groups excluding carboxylic acids is 1. The van der Waals surface area contributed by atoms with Crippen LogP contribution in [0.25, 0.3) is 0 Å². The van der Waals surface area contributed by atoms with E-state index in [2.05, 4.69) is 5.32 Å². The van der Waals surface area contributed by atoms with Gasteiger partial charge in [-0.05, 0) is 35.9 Å². The number of hydrogen-bond donors (Lipinski definition) is 2. The van der Waals surface area contributed by atoms with E-state index < -0.39 is 11.7 Å². The van der Waals surface area contributed by atoms with Gasteiger partial charge in [0.15, 0.2) is 0 Å². The number of phenols is 1. The van der Waals surface area contributed by atoms with Crippen LogP contribution in [0.5, 0.6) is 5.75 Å². The summed E-state index contributed by atoms with van der Waals surface area (Å²) in [5.41, 5.74) is 0.765. The summed E-state index contributed by atoms with van der Waals surface area (Å²) in [5, 5.41) is 12.6. The molecule has 0 aliphatic carbocycles. The Morgan fingerprint density at radius 3 is 2.60 bits per heavy atom. The van der Waals surface area contributed by atoms with Crippen LogP contribution in [0.2, 0.25) is 10.0 Å². The van der Waals surface area contributed by atoms with E-state index in [0.717, 1.165) is 0 Å². The number of hydrogen-bond acceptors (Lipinski definition) is 2. The maximum atomic E-state index is 13.0. The van der Waals surface area contributed by atoms with Gasteiger partial charge in [-0.15, -0.1) is 0 Å². The van der Waals surface area contributed by atoms with Crippen LogP contribution in [-0.2, 0) is 6.54 Å². The lowest BCUT2D eigenvalue weighted by Crippen LogP contribution is -2.22. The average Bonchev–Trinajstić information content (AvgIpc) is 2.40. The van der Waals surface area contributed by atoms with Gasteiger partial charge in [-0.25, -0.2) is 4.39 Å². The standard InChI is InChI=1S/C14H10Cl2FNO2/c15-9-2-3-10(13(19)6-9)14(20)18-7-8-1-4-12(17)11(16)5-8/h1-6,19H,7H2,(H,18,20). The lowest BCUT2D eigenvalue weighted by molar-refractivity contribution is 0.0948. The summed E-state index contributed by atoms with van der Waals surface area (Å²) in [7, 11) is 0. The molecule has 2 rings (SSSR count). The summed E-state index contributed by atoms with van der Waals surface area (Å²) in [4.78, 5) is 11.9. The fraction of sp³-hybridized carbons (Fsp3) is 0.0714. The molecule has 2 aromatic rings. The molecule has 104 valence electrons. The topological polar surface area (TPSA) is 49.3 Å². The first-order valence-electron chi connectivity index (χ1n) is 5.68. The largest absolute Gasteiger partial charge is 0.507 e. The number of benzene rings is 2.